The summed E-state index contributed by atoms with van der Waals surface area (Å²) < 4.78 is 27.4. The molecule has 4 nitrogen and oxygen atoms in total. The molecule has 1 heterocycles. The van der Waals surface area contributed by atoms with E-state index in [9.17, 15) is 8.42 Å². The van der Waals surface area contributed by atoms with Crippen LogP contribution in [-0.2, 0) is 15.4 Å². The lowest BCUT2D eigenvalue weighted by Crippen LogP contribution is -2.42. The smallest absolute Gasteiger partial charge is 0.243 e. The minimum Gasteiger partial charge on any atom is -0.319 e. The molecular weight excluding hydrogens is 344 g/mol. The van der Waals surface area contributed by atoms with Crippen molar-refractivity contribution >= 4 is 22.4 Å². The highest BCUT2D eigenvalue weighted by molar-refractivity contribution is 7.89. The van der Waals surface area contributed by atoms with Crippen LogP contribution in [0.3, 0.4) is 0 Å². The molecule has 1 aliphatic heterocycles. The molecular formula is C18H31ClN2O2S. The van der Waals surface area contributed by atoms with Crippen LogP contribution in [0.15, 0.2) is 29.2 Å². The molecule has 0 bridgehead atoms. The summed E-state index contributed by atoms with van der Waals surface area (Å²) in [4.78, 5) is 0.415. The summed E-state index contributed by atoms with van der Waals surface area (Å²) in [5.74, 6) is 0.404. The minimum absolute atomic E-state index is 0. The van der Waals surface area contributed by atoms with Crippen LogP contribution in [0.2, 0.25) is 0 Å². The highest BCUT2D eigenvalue weighted by Gasteiger charge is 2.30. The largest absolute Gasteiger partial charge is 0.319 e. The Kier molecular flexibility index (Phi) is 7.73. The van der Waals surface area contributed by atoms with Gasteiger partial charge in [0.1, 0.15) is 0 Å². The van der Waals surface area contributed by atoms with E-state index in [1.54, 1.807) is 16.4 Å². The number of hydrogen-bond donors (Lipinski definition) is 1. The SMILES string of the molecule is CCC(C)(C)c1ccc(S(=O)(=O)N2CCCC(CNC)C2)cc1.Cl. The van der Waals surface area contributed by atoms with Gasteiger partial charge in [0.2, 0.25) is 10.0 Å². The summed E-state index contributed by atoms with van der Waals surface area (Å²) in [6.07, 6.45) is 3.06. The molecule has 0 spiro atoms. The fourth-order valence-corrected chi connectivity index (χ4v) is 4.69. The van der Waals surface area contributed by atoms with Crippen molar-refractivity contribution in [1.82, 2.24) is 9.62 Å². The highest BCUT2D eigenvalue weighted by Crippen LogP contribution is 2.29. The van der Waals surface area contributed by atoms with Gasteiger partial charge in [0.15, 0.2) is 0 Å². The van der Waals surface area contributed by atoms with Gasteiger partial charge in [-0.05, 0) is 61.9 Å². The molecule has 0 amide bonds. The number of benzene rings is 1. The normalized spacial score (nSPS) is 19.8. The molecule has 0 saturated carbocycles. The third-order valence-corrected chi connectivity index (χ3v) is 7.01. The molecule has 1 atom stereocenters. The Morgan fingerprint density at radius 1 is 1.25 bits per heavy atom. The molecule has 0 aromatic heterocycles. The highest BCUT2D eigenvalue weighted by atomic mass is 35.5. The lowest BCUT2D eigenvalue weighted by Gasteiger charge is -2.32. The van der Waals surface area contributed by atoms with E-state index in [4.69, 9.17) is 0 Å². The van der Waals surface area contributed by atoms with Gasteiger partial charge in [-0.3, -0.25) is 0 Å². The molecule has 1 saturated heterocycles. The van der Waals surface area contributed by atoms with Gasteiger partial charge in [-0.25, -0.2) is 8.42 Å². The van der Waals surface area contributed by atoms with E-state index in [0.29, 0.717) is 23.9 Å². The van der Waals surface area contributed by atoms with Crippen LogP contribution >= 0.6 is 12.4 Å². The van der Waals surface area contributed by atoms with Gasteiger partial charge in [-0.1, -0.05) is 32.9 Å². The van der Waals surface area contributed by atoms with Crippen molar-refractivity contribution in [3.63, 3.8) is 0 Å². The van der Waals surface area contributed by atoms with Crippen LogP contribution in [0.25, 0.3) is 0 Å². The lowest BCUT2D eigenvalue weighted by atomic mass is 9.82. The summed E-state index contributed by atoms with van der Waals surface area (Å²) in [5, 5.41) is 3.16. The first-order valence-corrected chi connectivity index (χ1v) is 10.0. The Balaban J connectivity index is 0.00000288. The number of halogens is 1. The first kappa shape index (κ1) is 21.4. The monoisotopic (exact) mass is 374 g/mol. The van der Waals surface area contributed by atoms with Crippen LogP contribution in [0.5, 0.6) is 0 Å². The molecule has 1 unspecified atom stereocenters. The standard InChI is InChI=1S/C18H30N2O2S.ClH/c1-5-18(2,3)16-8-10-17(11-9-16)23(21,22)20-12-6-7-15(14-20)13-19-4;/h8-11,15,19H,5-7,12-14H2,1-4H3;1H. The number of hydrogen-bond acceptors (Lipinski definition) is 3. The average Bonchev–Trinajstić information content (AvgIpc) is 2.55. The summed E-state index contributed by atoms with van der Waals surface area (Å²) in [5.41, 5.74) is 1.26. The van der Waals surface area contributed by atoms with E-state index in [-0.39, 0.29) is 17.8 Å². The van der Waals surface area contributed by atoms with E-state index in [1.165, 1.54) is 5.56 Å². The molecule has 1 aliphatic rings. The van der Waals surface area contributed by atoms with Crippen molar-refractivity contribution < 1.29 is 8.42 Å². The number of nitrogens with zero attached hydrogens (tertiary/aromatic N) is 1. The Labute approximate surface area is 153 Å². The molecule has 138 valence electrons. The van der Waals surface area contributed by atoms with Gasteiger partial charge in [-0.2, -0.15) is 4.31 Å². The van der Waals surface area contributed by atoms with Crippen molar-refractivity contribution in [2.24, 2.45) is 5.92 Å². The van der Waals surface area contributed by atoms with Crippen LogP contribution in [-0.4, -0.2) is 39.4 Å². The van der Waals surface area contributed by atoms with Crippen molar-refractivity contribution in [2.75, 3.05) is 26.7 Å². The van der Waals surface area contributed by atoms with Crippen LogP contribution in [0.1, 0.15) is 45.6 Å². The summed E-state index contributed by atoms with van der Waals surface area (Å²) in [6.45, 7) is 8.64. The molecule has 0 radical (unpaired) electrons. The Hall–Kier alpha value is -0.620. The molecule has 0 aliphatic carbocycles. The summed E-state index contributed by atoms with van der Waals surface area (Å²) in [7, 11) is -1.46. The number of piperidine rings is 1. The first-order valence-electron chi connectivity index (χ1n) is 8.56. The molecule has 6 heteroatoms. The van der Waals surface area contributed by atoms with Gasteiger partial charge < -0.3 is 5.32 Å². The van der Waals surface area contributed by atoms with Crippen LogP contribution < -0.4 is 5.32 Å². The fraction of sp³-hybridized carbons (Fsp3) is 0.667. The molecule has 1 aromatic carbocycles. The summed E-state index contributed by atoms with van der Waals surface area (Å²) >= 11 is 0. The Bertz CT molecular complexity index is 612. The number of sulfonamides is 1. The first-order chi connectivity index (χ1) is 10.8. The molecule has 1 N–H and O–H groups in total. The zero-order chi connectivity index (χ0) is 17.1. The topological polar surface area (TPSA) is 49.4 Å². The maximum Gasteiger partial charge on any atom is 0.243 e. The van der Waals surface area contributed by atoms with E-state index in [1.807, 2.05) is 19.2 Å². The third-order valence-electron chi connectivity index (χ3n) is 5.13. The van der Waals surface area contributed by atoms with Gasteiger partial charge >= 0.3 is 0 Å². The van der Waals surface area contributed by atoms with E-state index in [2.05, 4.69) is 26.1 Å². The summed E-state index contributed by atoms with van der Waals surface area (Å²) in [6, 6.07) is 7.46. The van der Waals surface area contributed by atoms with Gasteiger partial charge in [0, 0.05) is 13.1 Å². The number of rotatable bonds is 6. The molecule has 1 aromatic rings. The quantitative estimate of drug-likeness (QED) is 0.829. The van der Waals surface area contributed by atoms with Gasteiger partial charge in [0.05, 0.1) is 4.90 Å². The van der Waals surface area contributed by atoms with Gasteiger partial charge in [0.25, 0.3) is 0 Å². The van der Waals surface area contributed by atoms with Crippen molar-refractivity contribution in [2.45, 2.75) is 50.3 Å². The fourth-order valence-electron chi connectivity index (χ4n) is 3.13. The molecule has 24 heavy (non-hydrogen) atoms. The second-order valence-electron chi connectivity index (χ2n) is 7.19. The Morgan fingerprint density at radius 3 is 2.42 bits per heavy atom. The predicted molar refractivity (Wildman–Crippen MR) is 102 cm³/mol. The zero-order valence-corrected chi connectivity index (χ0v) is 16.8. The molecule has 1 fully saturated rings. The van der Waals surface area contributed by atoms with Crippen molar-refractivity contribution in [3.05, 3.63) is 29.8 Å². The molecule has 2 rings (SSSR count). The maximum atomic E-state index is 12.9. The second kappa shape index (κ2) is 8.65. The second-order valence-corrected chi connectivity index (χ2v) is 9.13. The van der Waals surface area contributed by atoms with Crippen molar-refractivity contribution in [3.8, 4) is 0 Å². The number of nitrogens with one attached hydrogen (secondary N) is 1. The van der Waals surface area contributed by atoms with Crippen LogP contribution in [0.4, 0.5) is 0 Å². The van der Waals surface area contributed by atoms with E-state index < -0.39 is 10.0 Å². The van der Waals surface area contributed by atoms with Crippen molar-refractivity contribution in [1.29, 1.82) is 0 Å². The third kappa shape index (κ3) is 4.72. The van der Waals surface area contributed by atoms with E-state index >= 15 is 0 Å². The lowest BCUT2D eigenvalue weighted by molar-refractivity contribution is 0.263. The maximum absolute atomic E-state index is 12.9. The Morgan fingerprint density at radius 2 is 1.88 bits per heavy atom. The van der Waals surface area contributed by atoms with Crippen LogP contribution in [0, 0.1) is 5.92 Å². The zero-order valence-electron chi connectivity index (χ0n) is 15.2. The van der Waals surface area contributed by atoms with E-state index in [0.717, 1.165) is 25.8 Å². The minimum atomic E-state index is -3.38. The van der Waals surface area contributed by atoms with Gasteiger partial charge in [-0.15, -0.1) is 12.4 Å². The average molecular weight is 375 g/mol. The predicted octanol–water partition coefficient (Wildman–Crippen LogP) is 3.42.